The number of nitrogens with zero attached hydrogens (tertiary/aromatic N) is 7. The van der Waals surface area contributed by atoms with Gasteiger partial charge in [-0.1, -0.05) is 19.1 Å². The molecule has 5 rings (SSSR count). The molecule has 0 bridgehead atoms. The number of tetrazole rings is 1. The van der Waals surface area contributed by atoms with Gasteiger partial charge in [0.15, 0.2) is 11.5 Å². The van der Waals surface area contributed by atoms with Crippen LogP contribution in [-0.4, -0.2) is 39.7 Å². The van der Waals surface area contributed by atoms with Gasteiger partial charge in [0.25, 0.3) is 0 Å². The number of hydrogen-bond acceptors (Lipinski definition) is 5. The number of nitrogens with one attached hydrogen (secondary N) is 1. The van der Waals surface area contributed by atoms with Gasteiger partial charge in [-0.15, -0.1) is 5.10 Å². The van der Waals surface area contributed by atoms with E-state index < -0.39 is 0 Å². The summed E-state index contributed by atoms with van der Waals surface area (Å²) in [5.74, 6) is 1.70. The predicted octanol–water partition coefficient (Wildman–Crippen LogP) is 4.47. The molecule has 0 aliphatic heterocycles. The molecule has 0 atom stereocenters. The summed E-state index contributed by atoms with van der Waals surface area (Å²) < 4.78 is 5.24. The van der Waals surface area contributed by atoms with Gasteiger partial charge in [0.05, 0.1) is 12.2 Å². The quantitative estimate of drug-likeness (QED) is 0.390. The van der Waals surface area contributed by atoms with Crippen molar-refractivity contribution in [3.63, 3.8) is 0 Å². The second kappa shape index (κ2) is 8.07. The van der Waals surface area contributed by atoms with Crippen LogP contribution in [0.3, 0.4) is 0 Å². The van der Waals surface area contributed by atoms with E-state index in [4.69, 9.17) is 4.98 Å². The van der Waals surface area contributed by atoms with Crippen LogP contribution in [-0.2, 0) is 13.0 Å². The zero-order valence-corrected chi connectivity index (χ0v) is 18.8. The van der Waals surface area contributed by atoms with Crippen molar-refractivity contribution in [2.45, 2.75) is 33.2 Å². The SMILES string of the molecule is CCCc1nc2c(C)ccnc2n1Cc1ccc(-n2cc(Br)cc2-c2nnn[nH]2)cc1. The van der Waals surface area contributed by atoms with Crippen molar-refractivity contribution < 1.29 is 0 Å². The summed E-state index contributed by atoms with van der Waals surface area (Å²) in [5, 5.41) is 14.2. The van der Waals surface area contributed by atoms with Crippen LogP contribution < -0.4 is 0 Å². The van der Waals surface area contributed by atoms with E-state index in [0.717, 1.165) is 57.8 Å². The van der Waals surface area contributed by atoms with Gasteiger partial charge in [-0.2, -0.15) is 0 Å². The van der Waals surface area contributed by atoms with Crippen molar-refractivity contribution in [1.29, 1.82) is 0 Å². The van der Waals surface area contributed by atoms with E-state index in [1.54, 1.807) is 0 Å². The summed E-state index contributed by atoms with van der Waals surface area (Å²) in [5.41, 5.74) is 6.20. The zero-order chi connectivity index (χ0) is 21.4. The van der Waals surface area contributed by atoms with Crippen LogP contribution in [0.2, 0.25) is 0 Å². The van der Waals surface area contributed by atoms with E-state index in [1.165, 1.54) is 5.56 Å². The molecule has 0 radical (unpaired) electrons. The lowest BCUT2D eigenvalue weighted by Crippen LogP contribution is -2.06. The fourth-order valence-corrected chi connectivity index (χ4v) is 4.22. The first kappa shape index (κ1) is 19.6. The highest BCUT2D eigenvalue weighted by Crippen LogP contribution is 2.26. The van der Waals surface area contributed by atoms with E-state index in [9.17, 15) is 0 Å². The molecule has 31 heavy (non-hydrogen) atoms. The number of rotatable bonds is 6. The maximum Gasteiger partial charge on any atom is 0.196 e. The molecule has 9 heteroatoms. The number of aryl methyl sites for hydroxylation is 2. The molecule has 4 heterocycles. The molecule has 0 amide bonds. The molecule has 0 aliphatic carbocycles. The Kier molecular flexibility index (Phi) is 5.11. The average Bonchev–Trinajstić information content (AvgIpc) is 3.50. The molecule has 0 unspecified atom stereocenters. The fraction of sp³-hybridized carbons (Fsp3) is 0.227. The lowest BCUT2D eigenvalue weighted by atomic mass is 10.2. The fourth-order valence-electron chi connectivity index (χ4n) is 3.80. The van der Waals surface area contributed by atoms with Gasteiger partial charge in [-0.25, -0.2) is 15.1 Å². The number of fused-ring (bicyclic) bond motifs is 1. The van der Waals surface area contributed by atoms with Crippen molar-refractivity contribution in [2.24, 2.45) is 0 Å². The van der Waals surface area contributed by atoms with Gasteiger partial charge in [-0.3, -0.25) is 0 Å². The molecule has 156 valence electrons. The number of benzene rings is 1. The van der Waals surface area contributed by atoms with Gasteiger partial charge < -0.3 is 9.13 Å². The van der Waals surface area contributed by atoms with Gasteiger partial charge in [0, 0.05) is 29.0 Å². The molecule has 0 fully saturated rings. The number of aromatic nitrogens is 8. The highest BCUT2D eigenvalue weighted by molar-refractivity contribution is 9.10. The number of hydrogen-bond donors (Lipinski definition) is 1. The van der Waals surface area contributed by atoms with E-state index in [0.29, 0.717) is 5.82 Å². The standard InChI is InChI=1S/C22H21BrN8/c1-3-4-19-25-20-14(2)9-10-24-22(20)31(19)12-15-5-7-17(8-6-15)30-13-16(23)11-18(30)21-26-28-29-27-21/h5-11,13H,3-4,12H2,1-2H3,(H,26,27,28,29). The summed E-state index contributed by atoms with van der Waals surface area (Å²) in [6.07, 6.45) is 5.84. The summed E-state index contributed by atoms with van der Waals surface area (Å²) in [6.45, 7) is 5.00. The lowest BCUT2D eigenvalue weighted by molar-refractivity contribution is 0.716. The van der Waals surface area contributed by atoms with Crippen LogP contribution >= 0.6 is 15.9 Å². The predicted molar refractivity (Wildman–Crippen MR) is 122 cm³/mol. The van der Waals surface area contributed by atoms with Crippen LogP contribution in [0.1, 0.15) is 30.3 Å². The minimum Gasteiger partial charge on any atom is -0.313 e. The van der Waals surface area contributed by atoms with Crippen molar-refractivity contribution in [3.05, 3.63) is 70.2 Å². The van der Waals surface area contributed by atoms with Gasteiger partial charge >= 0.3 is 0 Å². The third-order valence-corrected chi connectivity index (χ3v) is 5.75. The molecule has 4 aromatic heterocycles. The topological polar surface area (TPSA) is 90.1 Å². The Labute approximate surface area is 187 Å². The van der Waals surface area contributed by atoms with E-state index in [-0.39, 0.29) is 0 Å². The van der Waals surface area contributed by atoms with E-state index >= 15 is 0 Å². The molecule has 0 saturated carbocycles. The monoisotopic (exact) mass is 476 g/mol. The Morgan fingerprint density at radius 2 is 1.97 bits per heavy atom. The molecule has 0 saturated heterocycles. The molecular formula is C22H21BrN8. The molecule has 1 N–H and O–H groups in total. The van der Waals surface area contributed by atoms with Gasteiger partial charge in [-0.05, 0) is 75.1 Å². The number of H-pyrrole nitrogens is 1. The Morgan fingerprint density at radius 3 is 2.71 bits per heavy atom. The first-order chi connectivity index (χ1) is 15.1. The maximum atomic E-state index is 4.87. The summed E-state index contributed by atoms with van der Waals surface area (Å²) in [7, 11) is 0. The number of pyridine rings is 1. The second-order valence-electron chi connectivity index (χ2n) is 7.49. The van der Waals surface area contributed by atoms with E-state index in [1.807, 2.05) is 24.5 Å². The van der Waals surface area contributed by atoms with Gasteiger partial charge in [0.1, 0.15) is 11.3 Å². The third kappa shape index (κ3) is 3.65. The van der Waals surface area contributed by atoms with Crippen LogP contribution in [0, 0.1) is 6.92 Å². The first-order valence-corrected chi connectivity index (χ1v) is 11.0. The Hall–Kier alpha value is -3.33. The Morgan fingerprint density at radius 1 is 1.13 bits per heavy atom. The minimum absolute atomic E-state index is 0.616. The molecule has 5 aromatic rings. The Bertz CT molecular complexity index is 1330. The maximum absolute atomic E-state index is 4.87. The highest BCUT2D eigenvalue weighted by atomic mass is 79.9. The Balaban J connectivity index is 1.49. The highest BCUT2D eigenvalue weighted by Gasteiger charge is 2.15. The largest absolute Gasteiger partial charge is 0.313 e. The van der Waals surface area contributed by atoms with Crippen LogP contribution in [0.25, 0.3) is 28.4 Å². The summed E-state index contributed by atoms with van der Waals surface area (Å²) >= 11 is 3.55. The summed E-state index contributed by atoms with van der Waals surface area (Å²) in [6, 6.07) is 12.5. The summed E-state index contributed by atoms with van der Waals surface area (Å²) in [4.78, 5) is 9.49. The van der Waals surface area contributed by atoms with Crippen LogP contribution in [0.15, 0.2) is 53.3 Å². The molecule has 0 spiro atoms. The minimum atomic E-state index is 0.616. The number of imidazole rings is 1. The van der Waals surface area contributed by atoms with Crippen molar-refractivity contribution in [3.8, 4) is 17.2 Å². The zero-order valence-electron chi connectivity index (χ0n) is 17.2. The third-order valence-electron chi connectivity index (χ3n) is 5.32. The average molecular weight is 477 g/mol. The van der Waals surface area contributed by atoms with Crippen LogP contribution in [0.4, 0.5) is 0 Å². The molecular weight excluding hydrogens is 456 g/mol. The molecule has 0 aliphatic rings. The van der Waals surface area contributed by atoms with E-state index in [2.05, 4.69) is 88.8 Å². The smallest absolute Gasteiger partial charge is 0.196 e. The molecule has 1 aromatic carbocycles. The number of halogens is 1. The van der Waals surface area contributed by atoms with Crippen molar-refractivity contribution >= 4 is 27.1 Å². The lowest BCUT2D eigenvalue weighted by Gasteiger charge is -2.11. The van der Waals surface area contributed by atoms with Gasteiger partial charge in [0.2, 0.25) is 0 Å². The van der Waals surface area contributed by atoms with Crippen molar-refractivity contribution in [2.75, 3.05) is 0 Å². The van der Waals surface area contributed by atoms with Crippen molar-refractivity contribution in [1.82, 2.24) is 39.7 Å². The molecule has 8 nitrogen and oxygen atoms in total. The van der Waals surface area contributed by atoms with Crippen LogP contribution in [0.5, 0.6) is 0 Å². The first-order valence-electron chi connectivity index (χ1n) is 10.2. The number of aromatic amines is 1. The normalized spacial score (nSPS) is 11.5. The second-order valence-corrected chi connectivity index (χ2v) is 8.41.